The van der Waals surface area contributed by atoms with E-state index < -0.39 is 11.9 Å². The summed E-state index contributed by atoms with van der Waals surface area (Å²) in [7, 11) is 0. The summed E-state index contributed by atoms with van der Waals surface area (Å²) >= 11 is 0. The van der Waals surface area contributed by atoms with Gasteiger partial charge in [0, 0.05) is 0 Å². The zero-order valence-corrected chi connectivity index (χ0v) is 10.1. The fourth-order valence-corrected chi connectivity index (χ4v) is 1.51. The van der Waals surface area contributed by atoms with E-state index in [2.05, 4.69) is 24.7 Å². The highest BCUT2D eigenvalue weighted by Gasteiger charge is 2.31. The van der Waals surface area contributed by atoms with E-state index in [4.69, 9.17) is 0 Å². The molecule has 0 saturated carbocycles. The first-order valence-electron chi connectivity index (χ1n) is 5.60. The molecule has 1 rings (SSSR count). The average molecular weight is 222 g/mol. The third kappa shape index (κ3) is 3.65. The molecular weight excluding hydrogens is 204 g/mol. The summed E-state index contributed by atoms with van der Waals surface area (Å²) in [4.78, 5) is 22.1. The molecule has 0 aliphatic carbocycles. The van der Waals surface area contributed by atoms with Crippen molar-refractivity contribution in [3.8, 4) is 0 Å². The van der Waals surface area contributed by atoms with E-state index in [-0.39, 0.29) is 12.3 Å². The molecule has 1 atom stereocenters. The molecule has 0 aromatic carbocycles. The summed E-state index contributed by atoms with van der Waals surface area (Å²) < 4.78 is 4.48. The van der Waals surface area contributed by atoms with E-state index in [1.807, 2.05) is 13.0 Å². The predicted octanol–water partition coefficient (Wildman–Crippen LogP) is 2.77. The van der Waals surface area contributed by atoms with Crippen molar-refractivity contribution in [2.24, 2.45) is 5.92 Å². The van der Waals surface area contributed by atoms with Crippen LogP contribution in [-0.2, 0) is 14.3 Å². The molecule has 0 spiro atoms. The van der Waals surface area contributed by atoms with E-state index in [1.54, 1.807) is 0 Å². The Labute approximate surface area is 96.2 Å². The minimum absolute atomic E-state index is 0.187. The Bertz CT molecular complexity index is 350. The maximum absolute atomic E-state index is 11.2. The molecule has 1 heterocycles. The van der Waals surface area contributed by atoms with E-state index in [0.29, 0.717) is 0 Å². The summed E-state index contributed by atoms with van der Waals surface area (Å²) in [6.07, 6.45) is 6.04. The molecule has 0 aromatic heterocycles. The van der Waals surface area contributed by atoms with Gasteiger partial charge >= 0.3 is 11.9 Å². The van der Waals surface area contributed by atoms with Crippen molar-refractivity contribution in [2.45, 2.75) is 40.0 Å². The van der Waals surface area contributed by atoms with Crippen molar-refractivity contribution in [3.05, 3.63) is 23.3 Å². The first-order chi connectivity index (χ1) is 7.52. The number of hydrogen-bond acceptors (Lipinski definition) is 3. The van der Waals surface area contributed by atoms with Crippen molar-refractivity contribution in [3.63, 3.8) is 0 Å². The lowest BCUT2D eigenvalue weighted by Crippen LogP contribution is -2.04. The molecular formula is C13H18O3. The van der Waals surface area contributed by atoms with Crippen LogP contribution in [0.15, 0.2) is 23.3 Å². The van der Waals surface area contributed by atoms with Gasteiger partial charge in [-0.2, -0.15) is 0 Å². The Hall–Kier alpha value is -1.38. The van der Waals surface area contributed by atoms with Gasteiger partial charge in [0.2, 0.25) is 0 Å². The molecule has 1 saturated heterocycles. The van der Waals surface area contributed by atoms with Crippen molar-refractivity contribution in [1.29, 1.82) is 0 Å². The maximum atomic E-state index is 11.2. The molecule has 3 heteroatoms. The molecule has 1 unspecified atom stereocenters. The van der Waals surface area contributed by atoms with Crippen LogP contribution in [0.4, 0.5) is 0 Å². The first kappa shape index (κ1) is 12.7. The Morgan fingerprint density at radius 2 is 2.06 bits per heavy atom. The molecule has 88 valence electrons. The van der Waals surface area contributed by atoms with Gasteiger partial charge in [0.15, 0.2) is 0 Å². The van der Waals surface area contributed by atoms with Gasteiger partial charge in [-0.05, 0) is 26.7 Å². The van der Waals surface area contributed by atoms with Crippen LogP contribution in [0.5, 0.6) is 0 Å². The molecule has 0 amide bonds. The summed E-state index contributed by atoms with van der Waals surface area (Å²) in [5.74, 6) is -1.21. The number of allylic oxidation sites excluding steroid dienone is 3. The Balaban J connectivity index is 2.56. The lowest BCUT2D eigenvalue weighted by atomic mass is 10.0. The minimum Gasteiger partial charge on any atom is -0.393 e. The van der Waals surface area contributed by atoms with Crippen LogP contribution in [0.2, 0.25) is 0 Å². The van der Waals surface area contributed by atoms with Crippen LogP contribution in [0.25, 0.3) is 0 Å². The lowest BCUT2D eigenvalue weighted by molar-refractivity contribution is -0.152. The number of cyclic esters (lactones) is 2. The summed E-state index contributed by atoms with van der Waals surface area (Å²) in [5, 5.41) is 0. The molecule has 3 nitrogen and oxygen atoms in total. The largest absolute Gasteiger partial charge is 0.393 e. The highest BCUT2D eigenvalue weighted by Crippen LogP contribution is 2.20. The Kier molecular flexibility index (Phi) is 4.47. The number of hydrogen-bond donors (Lipinski definition) is 0. The van der Waals surface area contributed by atoms with Gasteiger partial charge in [-0.25, -0.2) is 0 Å². The molecule has 0 bridgehead atoms. The SMILES string of the molecule is CCC(C)=CCC(C)=CC1CC(=O)OC1=O. The van der Waals surface area contributed by atoms with Gasteiger partial charge < -0.3 is 4.74 Å². The van der Waals surface area contributed by atoms with Crippen molar-refractivity contribution < 1.29 is 14.3 Å². The van der Waals surface area contributed by atoms with Crippen LogP contribution >= 0.6 is 0 Å². The van der Waals surface area contributed by atoms with Gasteiger partial charge in [-0.15, -0.1) is 0 Å². The van der Waals surface area contributed by atoms with Crippen molar-refractivity contribution >= 4 is 11.9 Å². The minimum atomic E-state index is -0.417. The van der Waals surface area contributed by atoms with Gasteiger partial charge in [0.05, 0.1) is 12.3 Å². The number of esters is 2. The normalized spacial score (nSPS) is 22.6. The standard InChI is InChI=1S/C13H18O3/c1-4-9(2)5-6-10(3)7-11-8-12(14)16-13(11)15/h5,7,11H,4,6,8H2,1-3H3. The molecule has 1 aliphatic rings. The van der Waals surface area contributed by atoms with Crippen LogP contribution < -0.4 is 0 Å². The summed E-state index contributed by atoms with van der Waals surface area (Å²) in [5.41, 5.74) is 2.43. The highest BCUT2D eigenvalue weighted by molar-refractivity contribution is 5.95. The Morgan fingerprint density at radius 3 is 2.56 bits per heavy atom. The summed E-state index contributed by atoms with van der Waals surface area (Å²) in [6, 6.07) is 0. The third-order valence-electron chi connectivity index (χ3n) is 2.72. The zero-order chi connectivity index (χ0) is 12.1. The summed E-state index contributed by atoms with van der Waals surface area (Å²) in [6.45, 7) is 6.16. The Morgan fingerprint density at radius 1 is 1.38 bits per heavy atom. The monoisotopic (exact) mass is 222 g/mol. The van der Waals surface area contributed by atoms with E-state index in [9.17, 15) is 9.59 Å². The molecule has 1 aliphatic heterocycles. The van der Waals surface area contributed by atoms with E-state index >= 15 is 0 Å². The second-order valence-electron chi connectivity index (χ2n) is 4.22. The zero-order valence-electron chi connectivity index (χ0n) is 10.1. The van der Waals surface area contributed by atoms with Gasteiger partial charge in [0.1, 0.15) is 0 Å². The van der Waals surface area contributed by atoms with Crippen LogP contribution in [0, 0.1) is 5.92 Å². The van der Waals surface area contributed by atoms with Crippen LogP contribution in [-0.4, -0.2) is 11.9 Å². The molecule has 0 N–H and O–H groups in total. The van der Waals surface area contributed by atoms with Crippen LogP contribution in [0.1, 0.15) is 40.0 Å². The van der Waals surface area contributed by atoms with E-state index in [0.717, 1.165) is 18.4 Å². The number of carbonyl (C=O) groups is 2. The topological polar surface area (TPSA) is 43.4 Å². The van der Waals surface area contributed by atoms with Crippen molar-refractivity contribution in [2.75, 3.05) is 0 Å². The first-order valence-corrected chi connectivity index (χ1v) is 5.60. The molecule has 0 radical (unpaired) electrons. The number of ether oxygens (including phenoxy) is 1. The fraction of sp³-hybridized carbons (Fsp3) is 0.538. The third-order valence-corrected chi connectivity index (χ3v) is 2.72. The molecule has 1 fully saturated rings. The lowest BCUT2D eigenvalue weighted by Gasteiger charge is -2.01. The average Bonchev–Trinajstić information content (AvgIpc) is 2.54. The second-order valence-corrected chi connectivity index (χ2v) is 4.22. The second kappa shape index (κ2) is 5.64. The van der Waals surface area contributed by atoms with Gasteiger partial charge in [-0.3, -0.25) is 9.59 Å². The van der Waals surface area contributed by atoms with Crippen LogP contribution in [0.3, 0.4) is 0 Å². The van der Waals surface area contributed by atoms with Crippen molar-refractivity contribution in [1.82, 2.24) is 0 Å². The smallest absolute Gasteiger partial charge is 0.321 e. The van der Waals surface area contributed by atoms with E-state index in [1.165, 1.54) is 5.57 Å². The molecule has 16 heavy (non-hydrogen) atoms. The van der Waals surface area contributed by atoms with Gasteiger partial charge in [-0.1, -0.05) is 30.2 Å². The maximum Gasteiger partial charge on any atom is 0.321 e. The fourth-order valence-electron chi connectivity index (χ4n) is 1.51. The quantitative estimate of drug-likeness (QED) is 0.417. The number of rotatable bonds is 4. The van der Waals surface area contributed by atoms with Gasteiger partial charge in [0.25, 0.3) is 0 Å². The highest BCUT2D eigenvalue weighted by atomic mass is 16.6. The predicted molar refractivity (Wildman–Crippen MR) is 61.6 cm³/mol. The number of carbonyl (C=O) groups excluding carboxylic acids is 2. The molecule has 0 aromatic rings.